The van der Waals surface area contributed by atoms with Gasteiger partial charge in [0.25, 0.3) is 5.91 Å². The monoisotopic (exact) mass is 430 g/mol. The summed E-state index contributed by atoms with van der Waals surface area (Å²) >= 11 is 0. The third-order valence-electron chi connectivity index (χ3n) is 4.89. The summed E-state index contributed by atoms with van der Waals surface area (Å²) in [5.41, 5.74) is 1.44. The zero-order valence-electron chi connectivity index (χ0n) is 17.2. The molecule has 1 amide bonds. The molecule has 0 unspecified atom stereocenters. The lowest BCUT2D eigenvalue weighted by Crippen LogP contribution is -2.30. The molecule has 1 N–H and O–H groups in total. The first-order chi connectivity index (χ1) is 14.6. The number of hydrogen-bond donors (Lipinski definition) is 1. The highest BCUT2D eigenvalue weighted by atomic mass is 19.4. The Balaban J connectivity index is 1.81. The number of ether oxygens (including phenoxy) is 1. The number of pyridine rings is 1. The molecule has 0 spiro atoms. The summed E-state index contributed by atoms with van der Waals surface area (Å²) in [5, 5.41) is 2.96. The van der Waals surface area contributed by atoms with Crippen molar-refractivity contribution in [3.05, 3.63) is 70.9 Å². The quantitative estimate of drug-likeness (QED) is 0.557. The van der Waals surface area contributed by atoms with Crippen LogP contribution in [0.1, 0.15) is 41.0 Å². The van der Waals surface area contributed by atoms with Gasteiger partial charge in [0, 0.05) is 16.8 Å². The van der Waals surface area contributed by atoms with Gasteiger partial charge in [0.2, 0.25) is 0 Å². The maximum absolute atomic E-state index is 12.9. The third-order valence-corrected chi connectivity index (χ3v) is 4.89. The van der Waals surface area contributed by atoms with Crippen LogP contribution < -0.4 is 5.32 Å². The maximum Gasteiger partial charge on any atom is 0.416 e. The highest BCUT2D eigenvalue weighted by Gasteiger charge is 2.31. The summed E-state index contributed by atoms with van der Waals surface area (Å²) in [5.74, 6) is -1.43. The molecule has 3 aromatic rings. The number of nitrogens with one attached hydrogen (secondary N) is 1. The summed E-state index contributed by atoms with van der Waals surface area (Å²) in [7, 11) is 0. The van der Waals surface area contributed by atoms with Crippen molar-refractivity contribution >= 4 is 28.5 Å². The first-order valence-corrected chi connectivity index (χ1v) is 9.69. The minimum atomic E-state index is -4.53. The first-order valence-electron chi connectivity index (χ1n) is 9.69. The number of esters is 1. The molecule has 0 fully saturated rings. The van der Waals surface area contributed by atoms with Gasteiger partial charge in [0.05, 0.1) is 16.6 Å². The largest absolute Gasteiger partial charge is 0.449 e. The first kappa shape index (κ1) is 22.3. The van der Waals surface area contributed by atoms with E-state index in [-0.39, 0.29) is 5.69 Å². The van der Waals surface area contributed by atoms with Crippen LogP contribution in [-0.4, -0.2) is 23.0 Å². The average molecular weight is 430 g/mol. The molecule has 2 aromatic carbocycles. The van der Waals surface area contributed by atoms with E-state index in [1.165, 1.54) is 19.1 Å². The Kier molecular flexibility index (Phi) is 6.29. The van der Waals surface area contributed by atoms with E-state index in [1.54, 1.807) is 25.1 Å². The molecule has 8 heteroatoms. The van der Waals surface area contributed by atoms with Crippen LogP contribution in [0.2, 0.25) is 0 Å². The Hall–Kier alpha value is -3.42. The smallest absolute Gasteiger partial charge is 0.416 e. The van der Waals surface area contributed by atoms with Gasteiger partial charge in [-0.3, -0.25) is 9.78 Å². The number of carbonyl (C=O) groups is 2. The molecule has 1 atom stereocenters. The predicted molar refractivity (Wildman–Crippen MR) is 111 cm³/mol. The van der Waals surface area contributed by atoms with Crippen LogP contribution in [0.25, 0.3) is 10.9 Å². The number of halogens is 3. The highest BCUT2D eigenvalue weighted by Crippen LogP contribution is 2.31. The van der Waals surface area contributed by atoms with Gasteiger partial charge in [-0.15, -0.1) is 0 Å². The number of fused-ring (bicyclic) bond motifs is 1. The van der Waals surface area contributed by atoms with Gasteiger partial charge >= 0.3 is 12.1 Å². The van der Waals surface area contributed by atoms with Crippen LogP contribution in [0.15, 0.2) is 48.5 Å². The van der Waals surface area contributed by atoms with Crippen molar-refractivity contribution in [2.75, 3.05) is 5.32 Å². The molecule has 0 aliphatic rings. The van der Waals surface area contributed by atoms with Gasteiger partial charge in [-0.05, 0) is 50.1 Å². The van der Waals surface area contributed by atoms with Crippen molar-refractivity contribution in [2.45, 2.75) is 39.5 Å². The van der Waals surface area contributed by atoms with E-state index < -0.39 is 29.7 Å². The Morgan fingerprint density at radius 1 is 1.13 bits per heavy atom. The summed E-state index contributed by atoms with van der Waals surface area (Å²) in [6.45, 7) is 5.05. The minimum absolute atomic E-state index is 0.0402. The van der Waals surface area contributed by atoms with Crippen molar-refractivity contribution in [1.82, 2.24) is 4.98 Å². The number of nitrogens with zero attached hydrogens (tertiary/aromatic N) is 1. The minimum Gasteiger partial charge on any atom is -0.449 e. The molecule has 1 aromatic heterocycles. The SMILES string of the molecule is CCc1nc2ccccc2c(C(=O)O[C@@H](C)C(=O)Nc2cccc(C(F)(F)F)c2)c1C. The fourth-order valence-corrected chi connectivity index (χ4v) is 3.26. The van der Waals surface area contributed by atoms with Crippen molar-refractivity contribution in [1.29, 1.82) is 0 Å². The van der Waals surface area contributed by atoms with Crippen molar-refractivity contribution in [3.63, 3.8) is 0 Å². The predicted octanol–water partition coefficient (Wildman–Crippen LogP) is 5.31. The topological polar surface area (TPSA) is 68.3 Å². The zero-order valence-corrected chi connectivity index (χ0v) is 17.2. The van der Waals surface area contributed by atoms with Crippen LogP contribution in [0, 0.1) is 6.92 Å². The molecule has 0 saturated carbocycles. The highest BCUT2D eigenvalue weighted by molar-refractivity contribution is 6.06. The Morgan fingerprint density at radius 2 is 1.84 bits per heavy atom. The Morgan fingerprint density at radius 3 is 2.52 bits per heavy atom. The van der Waals surface area contributed by atoms with Crippen LogP contribution in [0.3, 0.4) is 0 Å². The van der Waals surface area contributed by atoms with E-state index in [0.29, 0.717) is 28.5 Å². The standard InChI is InChI=1S/C23H21F3N2O3/c1-4-18-13(2)20(17-10-5-6-11-19(17)28-18)22(30)31-14(3)21(29)27-16-9-7-8-15(12-16)23(24,25)26/h5-12,14H,4H2,1-3H3,(H,27,29)/t14-/m0/s1. The lowest BCUT2D eigenvalue weighted by atomic mass is 10.0. The molecular formula is C23H21F3N2O3. The van der Waals surface area contributed by atoms with E-state index >= 15 is 0 Å². The number of para-hydroxylation sites is 1. The van der Waals surface area contributed by atoms with Crippen molar-refractivity contribution in [2.24, 2.45) is 0 Å². The zero-order chi connectivity index (χ0) is 22.8. The normalized spacial score (nSPS) is 12.5. The number of hydrogen-bond acceptors (Lipinski definition) is 4. The lowest BCUT2D eigenvalue weighted by Gasteiger charge is -2.17. The number of anilines is 1. The second-order valence-corrected chi connectivity index (χ2v) is 7.04. The Bertz CT molecular complexity index is 1140. The molecule has 1 heterocycles. The second kappa shape index (κ2) is 8.75. The van der Waals surface area contributed by atoms with Gasteiger partial charge in [-0.25, -0.2) is 4.79 Å². The number of alkyl halides is 3. The van der Waals surface area contributed by atoms with E-state index in [4.69, 9.17) is 4.74 Å². The summed E-state index contributed by atoms with van der Waals surface area (Å²) in [6, 6.07) is 11.4. The van der Waals surface area contributed by atoms with E-state index in [9.17, 15) is 22.8 Å². The average Bonchev–Trinajstić information content (AvgIpc) is 2.72. The summed E-state index contributed by atoms with van der Waals surface area (Å²) in [6.07, 6.45) is -5.14. The molecule has 31 heavy (non-hydrogen) atoms. The summed E-state index contributed by atoms with van der Waals surface area (Å²) < 4.78 is 43.9. The van der Waals surface area contributed by atoms with E-state index in [1.807, 2.05) is 13.0 Å². The fraction of sp³-hybridized carbons (Fsp3) is 0.261. The number of benzene rings is 2. The number of carbonyl (C=O) groups excluding carboxylic acids is 2. The van der Waals surface area contributed by atoms with Crippen LogP contribution in [0.4, 0.5) is 18.9 Å². The van der Waals surface area contributed by atoms with E-state index in [0.717, 1.165) is 17.8 Å². The van der Waals surface area contributed by atoms with E-state index in [2.05, 4.69) is 10.3 Å². The third kappa shape index (κ3) is 4.84. The van der Waals surface area contributed by atoms with Gasteiger partial charge in [-0.2, -0.15) is 13.2 Å². The number of aromatic nitrogens is 1. The maximum atomic E-state index is 12.9. The molecule has 0 aliphatic heterocycles. The van der Waals surface area contributed by atoms with Crippen LogP contribution in [0.5, 0.6) is 0 Å². The van der Waals surface area contributed by atoms with Gasteiger partial charge < -0.3 is 10.1 Å². The molecular weight excluding hydrogens is 409 g/mol. The number of rotatable bonds is 5. The molecule has 0 saturated heterocycles. The van der Waals surface area contributed by atoms with Crippen molar-refractivity contribution in [3.8, 4) is 0 Å². The molecule has 0 aliphatic carbocycles. The molecule has 162 valence electrons. The number of aryl methyl sites for hydroxylation is 1. The second-order valence-electron chi connectivity index (χ2n) is 7.04. The Labute approximate surface area is 177 Å². The molecule has 0 bridgehead atoms. The van der Waals surface area contributed by atoms with Gasteiger partial charge in [0.1, 0.15) is 0 Å². The van der Waals surface area contributed by atoms with Crippen LogP contribution in [-0.2, 0) is 22.1 Å². The van der Waals surface area contributed by atoms with Crippen molar-refractivity contribution < 1.29 is 27.5 Å². The molecule has 5 nitrogen and oxygen atoms in total. The van der Waals surface area contributed by atoms with Gasteiger partial charge in [0.15, 0.2) is 6.10 Å². The van der Waals surface area contributed by atoms with Crippen LogP contribution >= 0.6 is 0 Å². The fourth-order valence-electron chi connectivity index (χ4n) is 3.26. The summed E-state index contributed by atoms with van der Waals surface area (Å²) in [4.78, 5) is 29.9. The molecule has 0 radical (unpaired) electrons. The lowest BCUT2D eigenvalue weighted by molar-refractivity contribution is -0.137. The number of amides is 1. The molecule has 3 rings (SSSR count). The van der Waals surface area contributed by atoms with Gasteiger partial charge in [-0.1, -0.05) is 31.2 Å².